The number of allylic oxidation sites excluding steroid dienone is 1. The molecule has 132 valence electrons. The van der Waals surface area contributed by atoms with Crippen molar-refractivity contribution < 1.29 is 5.11 Å². The Hall–Kier alpha value is -1.59. The van der Waals surface area contributed by atoms with Crippen molar-refractivity contribution in [2.24, 2.45) is 0 Å². The minimum atomic E-state index is -0.128. The van der Waals surface area contributed by atoms with E-state index in [1.165, 1.54) is 12.8 Å². The highest BCUT2D eigenvalue weighted by atomic mass is 35.5. The Balaban J connectivity index is 0.00000208. The summed E-state index contributed by atoms with van der Waals surface area (Å²) in [5.41, 5.74) is 1.88. The maximum absolute atomic E-state index is 9.60. The average molecular weight is 351 g/mol. The Morgan fingerprint density at radius 1 is 1.29 bits per heavy atom. The van der Waals surface area contributed by atoms with Gasteiger partial charge in [-0.05, 0) is 50.3 Å². The summed E-state index contributed by atoms with van der Waals surface area (Å²) in [6, 6.07) is 4.38. The summed E-state index contributed by atoms with van der Waals surface area (Å²) >= 11 is 0. The molecule has 1 saturated carbocycles. The van der Waals surface area contributed by atoms with Crippen molar-refractivity contribution in [3.05, 3.63) is 30.1 Å². The van der Waals surface area contributed by atoms with Crippen LogP contribution in [-0.4, -0.2) is 31.9 Å². The van der Waals surface area contributed by atoms with Crippen LogP contribution in [0.1, 0.15) is 57.6 Å². The van der Waals surface area contributed by atoms with Crippen LogP contribution in [0.4, 0.5) is 5.82 Å². The fraction of sp³-hybridized carbons (Fsp3) is 0.556. The molecular weight excluding hydrogens is 324 g/mol. The van der Waals surface area contributed by atoms with Crippen LogP contribution in [0.25, 0.3) is 11.7 Å². The molecule has 0 unspecified atom stereocenters. The molecule has 2 N–H and O–H groups in total. The van der Waals surface area contributed by atoms with Gasteiger partial charge in [-0.2, -0.15) is 0 Å². The minimum absolute atomic E-state index is 0. The average Bonchev–Trinajstić information content (AvgIpc) is 2.96. The van der Waals surface area contributed by atoms with Gasteiger partial charge >= 0.3 is 0 Å². The zero-order valence-electron chi connectivity index (χ0n) is 14.2. The number of nitrogens with one attached hydrogen (secondary N) is 1. The summed E-state index contributed by atoms with van der Waals surface area (Å²) in [6.07, 6.45) is 13.3. The highest BCUT2D eigenvalue weighted by molar-refractivity contribution is 5.85. The van der Waals surface area contributed by atoms with Gasteiger partial charge in [-0.25, -0.2) is 9.50 Å². The molecule has 1 aliphatic rings. The molecule has 2 aromatic rings. The monoisotopic (exact) mass is 350 g/mol. The Morgan fingerprint density at radius 3 is 2.83 bits per heavy atom. The summed E-state index contributed by atoms with van der Waals surface area (Å²) in [5, 5.41) is 17.8. The number of hydrogen-bond acceptors (Lipinski definition) is 4. The number of imidazole rings is 1. The number of aromatic nitrogens is 3. The van der Waals surface area contributed by atoms with Crippen LogP contribution in [0.3, 0.4) is 0 Å². The number of aliphatic hydroxyl groups is 1. The molecule has 0 radical (unpaired) electrons. The molecule has 24 heavy (non-hydrogen) atoms. The second-order valence-corrected chi connectivity index (χ2v) is 6.37. The van der Waals surface area contributed by atoms with Crippen LogP contribution in [0.2, 0.25) is 0 Å². The van der Waals surface area contributed by atoms with E-state index in [4.69, 9.17) is 0 Å². The van der Waals surface area contributed by atoms with Crippen LogP contribution in [0, 0.1) is 0 Å². The predicted molar refractivity (Wildman–Crippen MR) is 101 cm³/mol. The summed E-state index contributed by atoms with van der Waals surface area (Å²) in [5.74, 6) is 0.875. The third-order valence-electron chi connectivity index (χ3n) is 4.45. The molecule has 3 rings (SSSR count). The lowest BCUT2D eigenvalue weighted by atomic mass is 9.93. The maximum Gasteiger partial charge on any atom is 0.154 e. The zero-order chi connectivity index (χ0) is 16.1. The van der Waals surface area contributed by atoms with Gasteiger partial charge in [0.05, 0.1) is 18.0 Å². The molecule has 2 aromatic heterocycles. The van der Waals surface area contributed by atoms with E-state index in [1.54, 1.807) is 0 Å². The molecule has 1 aliphatic carbocycles. The first-order valence-electron chi connectivity index (χ1n) is 8.72. The summed E-state index contributed by atoms with van der Waals surface area (Å²) in [6.45, 7) is 2.20. The third kappa shape index (κ3) is 4.71. The smallest absolute Gasteiger partial charge is 0.154 e. The van der Waals surface area contributed by atoms with Crippen molar-refractivity contribution in [2.45, 2.75) is 64.0 Å². The van der Waals surface area contributed by atoms with Gasteiger partial charge < -0.3 is 10.4 Å². The van der Waals surface area contributed by atoms with E-state index >= 15 is 0 Å². The molecule has 0 atom stereocenters. The van der Waals surface area contributed by atoms with Crippen LogP contribution in [0.5, 0.6) is 0 Å². The molecule has 0 aliphatic heterocycles. The number of rotatable bonds is 6. The summed E-state index contributed by atoms with van der Waals surface area (Å²) in [4.78, 5) is 4.40. The van der Waals surface area contributed by atoms with Crippen LogP contribution < -0.4 is 5.32 Å². The highest BCUT2D eigenvalue weighted by Gasteiger charge is 2.19. The molecule has 6 heteroatoms. The van der Waals surface area contributed by atoms with Crippen LogP contribution >= 0.6 is 12.4 Å². The van der Waals surface area contributed by atoms with Gasteiger partial charge in [0.2, 0.25) is 0 Å². The lowest BCUT2D eigenvalue weighted by Gasteiger charge is -2.26. The van der Waals surface area contributed by atoms with E-state index in [1.807, 2.05) is 22.8 Å². The molecule has 0 bridgehead atoms. The first kappa shape index (κ1) is 18.7. The molecule has 5 nitrogen and oxygen atoms in total. The van der Waals surface area contributed by atoms with E-state index in [-0.39, 0.29) is 18.5 Å². The molecule has 2 heterocycles. The molecular formula is C18H27ClN4O. The van der Waals surface area contributed by atoms with Crippen LogP contribution in [0.15, 0.2) is 24.4 Å². The van der Waals surface area contributed by atoms with Crippen molar-refractivity contribution in [2.75, 3.05) is 5.32 Å². The van der Waals surface area contributed by atoms with E-state index < -0.39 is 0 Å². The summed E-state index contributed by atoms with van der Waals surface area (Å²) in [7, 11) is 0. The van der Waals surface area contributed by atoms with E-state index in [0.717, 1.165) is 49.3 Å². The Bertz CT molecular complexity index is 662. The number of aliphatic hydroxyl groups excluding tert-OH is 1. The minimum Gasteiger partial charge on any atom is -0.393 e. The van der Waals surface area contributed by atoms with Gasteiger partial charge in [-0.3, -0.25) is 0 Å². The van der Waals surface area contributed by atoms with Crippen molar-refractivity contribution in [3.8, 4) is 0 Å². The number of hydrogen-bond donors (Lipinski definition) is 2. The van der Waals surface area contributed by atoms with Gasteiger partial charge in [0.25, 0.3) is 0 Å². The fourth-order valence-corrected chi connectivity index (χ4v) is 3.04. The van der Waals surface area contributed by atoms with Crippen molar-refractivity contribution in [3.63, 3.8) is 0 Å². The van der Waals surface area contributed by atoms with Gasteiger partial charge in [0.15, 0.2) is 5.65 Å². The van der Waals surface area contributed by atoms with E-state index in [2.05, 4.69) is 34.5 Å². The lowest BCUT2D eigenvalue weighted by molar-refractivity contribution is 0.126. The van der Waals surface area contributed by atoms with E-state index in [0.29, 0.717) is 6.04 Å². The number of halogens is 1. The molecule has 1 fully saturated rings. The SMILES string of the molecule is CCCC/C=C/c1cnc2ccc(NC3CCC(O)CC3)nn12.Cl. The summed E-state index contributed by atoms with van der Waals surface area (Å²) < 4.78 is 1.89. The third-order valence-corrected chi connectivity index (χ3v) is 4.45. The maximum atomic E-state index is 9.60. The normalized spacial score (nSPS) is 21.1. The second-order valence-electron chi connectivity index (χ2n) is 6.37. The highest BCUT2D eigenvalue weighted by Crippen LogP contribution is 2.21. The molecule has 0 aromatic carbocycles. The number of nitrogens with zero attached hydrogens (tertiary/aromatic N) is 3. The predicted octanol–water partition coefficient (Wildman–Crippen LogP) is 4.07. The Morgan fingerprint density at radius 2 is 2.08 bits per heavy atom. The van der Waals surface area contributed by atoms with Crippen molar-refractivity contribution in [1.29, 1.82) is 0 Å². The lowest BCUT2D eigenvalue weighted by Crippen LogP contribution is -2.28. The number of unbranched alkanes of at least 4 members (excludes halogenated alkanes) is 2. The quantitative estimate of drug-likeness (QED) is 0.771. The van der Waals surface area contributed by atoms with Crippen molar-refractivity contribution in [1.82, 2.24) is 14.6 Å². The zero-order valence-corrected chi connectivity index (χ0v) is 15.0. The molecule has 0 amide bonds. The number of fused-ring (bicyclic) bond motifs is 1. The Kier molecular flexibility index (Phi) is 7.06. The van der Waals surface area contributed by atoms with Crippen molar-refractivity contribution >= 4 is 29.9 Å². The number of anilines is 1. The largest absolute Gasteiger partial charge is 0.393 e. The van der Waals surface area contributed by atoms with Gasteiger partial charge in [0, 0.05) is 6.04 Å². The molecule has 0 spiro atoms. The van der Waals surface area contributed by atoms with Gasteiger partial charge in [-0.1, -0.05) is 25.8 Å². The van der Waals surface area contributed by atoms with Gasteiger partial charge in [-0.15, -0.1) is 17.5 Å². The first-order valence-corrected chi connectivity index (χ1v) is 8.72. The standard InChI is InChI=1S/C18H26N4O.ClH/c1-2-3-4-5-6-15-13-19-18-12-11-17(21-22(15)18)20-14-7-9-16(23)10-8-14;/h5-6,11-14,16,23H,2-4,7-10H2,1H3,(H,20,21);1H/b6-5+;. The van der Waals surface area contributed by atoms with Gasteiger partial charge in [0.1, 0.15) is 5.82 Å². The molecule has 0 saturated heterocycles. The fourth-order valence-electron chi connectivity index (χ4n) is 3.04. The van der Waals surface area contributed by atoms with E-state index in [9.17, 15) is 5.11 Å². The van der Waals surface area contributed by atoms with Crippen LogP contribution in [-0.2, 0) is 0 Å². The first-order chi connectivity index (χ1) is 11.3. The topological polar surface area (TPSA) is 62.5 Å². The second kappa shape index (κ2) is 9.04. The Labute approximate surface area is 149 Å².